The van der Waals surface area contributed by atoms with Gasteiger partial charge < -0.3 is 9.84 Å². The van der Waals surface area contributed by atoms with Crippen LogP contribution in [-0.2, 0) is 19.4 Å². The summed E-state index contributed by atoms with van der Waals surface area (Å²) < 4.78 is 5.43. The van der Waals surface area contributed by atoms with Crippen LogP contribution in [0, 0.1) is 5.92 Å². The van der Waals surface area contributed by atoms with Gasteiger partial charge in [-0.25, -0.2) is 0 Å². The van der Waals surface area contributed by atoms with E-state index in [1.54, 1.807) is 0 Å². The summed E-state index contributed by atoms with van der Waals surface area (Å²) in [5.41, 5.74) is 2.74. The molecular formula is C16H21N3O. The Bertz CT molecular complexity index is 577. The van der Waals surface area contributed by atoms with Crippen LogP contribution in [0.2, 0.25) is 0 Å². The number of rotatable bonds is 4. The summed E-state index contributed by atoms with van der Waals surface area (Å²) in [6, 6.07) is 8.66. The zero-order chi connectivity index (χ0) is 13.9. The number of aromatic nitrogens is 2. The van der Waals surface area contributed by atoms with Gasteiger partial charge in [-0.2, -0.15) is 4.98 Å². The van der Waals surface area contributed by atoms with E-state index >= 15 is 0 Å². The van der Waals surface area contributed by atoms with Gasteiger partial charge in [0.2, 0.25) is 5.89 Å². The Balaban J connectivity index is 1.69. The lowest BCUT2D eigenvalue weighted by molar-refractivity contribution is 0.318. The lowest BCUT2D eigenvalue weighted by Crippen LogP contribution is -2.28. The van der Waals surface area contributed by atoms with E-state index in [2.05, 4.69) is 53.6 Å². The summed E-state index contributed by atoms with van der Waals surface area (Å²) in [6.45, 7) is 5.28. The minimum atomic E-state index is 0.144. The Hall–Kier alpha value is -1.68. The maximum atomic E-state index is 5.43. The van der Waals surface area contributed by atoms with E-state index in [4.69, 9.17) is 4.52 Å². The molecule has 0 spiro atoms. The first kappa shape index (κ1) is 13.3. The van der Waals surface area contributed by atoms with Crippen molar-refractivity contribution in [1.29, 1.82) is 0 Å². The van der Waals surface area contributed by atoms with Crippen LogP contribution in [0.25, 0.3) is 0 Å². The molecule has 4 heteroatoms. The first-order chi connectivity index (χ1) is 9.72. The fourth-order valence-corrected chi connectivity index (χ4v) is 2.56. The Labute approximate surface area is 119 Å². The van der Waals surface area contributed by atoms with Crippen LogP contribution in [0.5, 0.6) is 0 Å². The molecule has 1 N–H and O–H groups in total. The summed E-state index contributed by atoms with van der Waals surface area (Å²) in [5, 5.41) is 7.57. The monoisotopic (exact) mass is 271 g/mol. The molecule has 3 rings (SSSR count). The van der Waals surface area contributed by atoms with Crippen LogP contribution in [0.1, 0.15) is 49.2 Å². The quantitative estimate of drug-likeness (QED) is 0.928. The van der Waals surface area contributed by atoms with E-state index in [0.29, 0.717) is 5.92 Å². The molecule has 2 aromatic rings. The largest absolute Gasteiger partial charge is 0.338 e. The molecule has 1 aliphatic rings. The Kier molecular flexibility index (Phi) is 3.83. The van der Waals surface area contributed by atoms with Gasteiger partial charge in [-0.15, -0.1) is 0 Å². The molecule has 20 heavy (non-hydrogen) atoms. The Morgan fingerprint density at radius 3 is 2.90 bits per heavy atom. The summed E-state index contributed by atoms with van der Waals surface area (Å²) in [5.74, 6) is 2.21. The average molecular weight is 271 g/mol. The number of nitrogens with zero attached hydrogens (tertiary/aromatic N) is 2. The smallest absolute Gasteiger partial charge is 0.244 e. The van der Waals surface area contributed by atoms with E-state index in [1.165, 1.54) is 11.1 Å². The highest BCUT2D eigenvalue weighted by molar-refractivity contribution is 5.30. The molecule has 1 aromatic carbocycles. The highest BCUT2D eigenvalue weighted by Crippen LogP contribution is 2.24. The highest BCUT2D eigenvalue weighted by Gasteiger charge is 2.24. The van der Waals surface area contributed by atoms with Gasteiger partial charge in [0.25, 0.3) is 0 Å². The normalized spacial score (nSPS) is 18.2. The first-order valence-corrected chi connectivity index (χ1v) is 7.35. The molecule has 0 bridgehead atoms. The van der Waals surface area contributed by atoms with Gasteiger partial charge in [-0.3, -0.25) is 0 Å². The van der Waals surface area contributed by atoms with Crippen molar-refractivity contribution < 1.29 is 4.52 Å². The molecule has 1 aromatic heterocycles. The van der Waals surface area contributed by atoms with Crippen molar-refractivity contribution in [3.05, 3.63) is 47.1 Å². The van der Waals surface area contributed by atoms with E-state index in [0.717, 1.165) is 37.5 Å². The summed E-state index contributed by atoms with van der Waals surface area (Å²) in [4.78, 5) is 4.54. The van der Waals surface area contributed by atoms with Gasteiger partial charge in [0.05, 0.1) is 6.04 Å². The molecule has 0 fully saturated rings. The van der Waals surface area contributed by atoms with E-state index in [1.807, 2.05) is 0 Å². The maximum Gasteiger partial charge on any atom is 0.244 e. The predicted molar refractivity (Wildman–Crippen MR) is 77.2 cm³/mol. The summed E-state index contributed by atoms with van der Waals surface area (Å²) >= 11 is 0. The third kappa shape index (κ3) is 2.90. The van der Waals surface area contributed by atoms with Gasteiger partial charge in [-0.05, 0) is 29.9 Å². The van der Waals surface area contributed by atoms with Crippen molar-refractivity contribution in [2.24, 2.45) is 5.92 Å². The van der Waals surface area contributed by atoms with Crippen LogP contribution in [0.3, 0.4) is 0 Å². The van der Waals surface area contributed by atoms with Crippen molar-refractivity contribution in [2.45, 2.75) is 45.7 Å². The molecule has 0 saturated carbocycles. The molecule has 0 saturated heterocycles. The fraction of sp³-hybridized carbons (Fsp3) is 0.500. The zero-order valence-electron chi connectivity index (χ0n) is 12.1. The van der Waals surface area contributed by atoms with Crippen LogP contribution < -0.4 is 5.32 Å². The molecule has 4 nitrogen and oxygen atoms in total. The fourth-order valence-electron chi connectivity index (χ4n) is 2.56. The third-order valence-electron chi connectivity index (χ3n) is 3.81. The second-order valence-electron chi connectivity index (χ2n) is 5.89. The molecule has 2 heterocycles. The van der Waals surface area contributed by atoms with E-state index in [9.17, 15) is 0 Å². The van der Waals surface area contributed by atoms with Crippen LogP contribution in [-0.4, -0.2) is 10.1 Å². The SMILES string of the molecule is CC(C)CCc1noc([C@H]2Cc3ccccc3CN2)n1. The van der Waals surface area contributed by atoms with Crippen molar-refractivity contribution in [2.75, 3.05) is 0 Å². The molecule has 0 unspecified atom stereocenters. The second kappa shape index (κ2) is 5.75. The summed E-state index contributed by atoms with van der Waals surface area (Å²) in [6.07, 6.45) is 2.91. The van der Waals surface area contributed by atoms with Crippen LogP contribution in [0.15, 0.2) is 28.8 Å². The van der Waals surface area contributed by atoms with Crippen LogP contribution >= 0.6 is 0 Å². The van der Waals surface area contributed by atoms with Gasteiger partial charge >= 0.3 is 0 Å². The van der Waals surface area contributed by atoms with Crippen molar-refractivity contribution in [3.63, 3.8) is 0 Å². The molecule has 1 atom stereocenters. The number of benzene rings is 1. The third-order valence-corrected chi connectivity index (χ3v) is 3.81. The molecule has 0 aliphatic carbocycles. The van der Waals surface area contributed by atoms with Crippen molar-refractivity contribution in [1.82, 2.24) is 15.5 Å². The van der Waals surface area contributed by atoms with E-state index < -0.39 is 0 Å². The van der Waals surface area contributed by atoms with Crippen molar-refractivity contribution >= 4 is 0 Å². The maximum absolute atomic E-state index is 5.43. The standard InChI is InChI=1S/C16H21N3O/c1-11(2)7-8-15-18-16(20-19-15)14-9-12-5-3-4-6-13(12)10-17-14/h3-6,11,14,17H,7-10H2,1-2H3/t14-/m1/s1. The van der Waals surface area contributed by atoms with Gasteiger partial charge in [0.15, 0.2) is 5.82 Å². The van der Waals surface area contributed by atoms with E-state index in [-0.39, 0.29) is 6.04 Å². The molecule has 0 radical (unpaired) electrons. The summed E-state index contributed by atoms with van der Waals surface area (Å²) in [7, 11) is 0. The lowest BCUT2D eigenvalue weighted by atomic mass is 9.96. The van der Waals surface area contributed by atoms with Gasteiger partial charge in [-0.1, -0.05) is 43.3 Å². The molecular weight excluding hydrogens is 250 g/mol. The Morgan fingerprint density at radius 1 is 1.30 bits per heavy atom. The molecule has 106 valence electrons. The zero-order valence-corrected chi connectivity index (χ0v) is 12.1. The lowest BCUT2D eigenvalue weighted by Gasteiger charge is -2.23. The number of fused-ring (bicyclic) bond motifs is 1. The second-order valence-corrected chi connectivity index (χ2v) is 5.89. The molecule has 0 amide bonds. The number of hydrogen-bond donors (Lipinski definition) is 1. The molecule has 1 aliphatic heterocycles. The highest BCUT2D eigenvalue weighted by atomic mass is 16.5. The first-order valence-electron chi connectivity index (χ1n) is 7.35. The van der Waals surface area contributed by atoms with Crippen LogP contribution in [0.4, 0.5) is 0 Å². The minimum absolute atomic E-state index is 0.144. The number of aryl methyl sites for hydroxylation is 1. The number of hydrogen-bond acceptors (Lipinski definition) is 4. The van der Waals surface area contributed by atoms with Gasteiger partial charge in [0.1, 0.15) is 0 Å². The minimum Gasteiger partial charge on any atom is -0.338 e. The van der Waals surface area contributed by atoms with Crippen molar-refractivity contribution in [3.8, 4) is 0 Å². The average Bonchev–Trinajstić information content (AvgIpc) is 2.93. The van der Waals surface area contributed by atoms with Gasteiger partial charge in [0, 0.05) is 13.0 Å². The predicted octanol–water partition coefficient (Wildman–Crippen LogP) is 3.05. The number of nitrogens with one attached hydrogen (secondary N) is 1. The topological polar surface area (TPSA) is 51.0 Å². The Morgan fingerprint density at radius 2 is 2.10 bits per heavy atom.